The Labute approximate surface area is 183 Å². The largest absolute Gasteiger partial charge is 0.0651 e. The Morgan fingerprint density at radius 2 is 1.31 bits per heavy atom. The molecule has 4 fully saturated rings. The maximum atomic E-state index is 2.55. The van der Waals surface area contributed by atoms with Crippen LogP contribution in [0.5, 0.6) is 0 Å². The molecule has 0 spiro atoms. The molecule has 6 unspecified atom stereocenters. The molecule has 0 heterocycles. The zero-order valence-electron chi connectivity index (χ0n) is 20.1. The van der Waals surface area contributed by atoms with Gasteiger partial charge in [-0.05, 0) is 73.0 Å². The summed E-state index contributed by atoms with van der Waals surface area (Å²) in [5.41, 5.74) is 0. The fourth-order valence-corrected chi connectivity index (χ4v) is 8.98. The lowest BCUT2D eigenvalue weighted by Crippen LogP contribution is -2.32. The molecule has 0 N–H and O–H groups in total. The first-order valence-corrected chi connectivity index (χ1v) is 14.3. The number of rotatable bonds is 8. The second-order valence-electron chi connectivity index (χ2n) is 12.2. The summed E-state index contributed by atoms with van der Waals surface area (Å²) in [5.74, 6) is 8.69. The molecule has 0 aromatic rings. The van der Waals surface area contributed by atoms with Crippen molar-refractivity contribution >= 4 is 0 Å². The van der Waals surface area contributed by atoms with Crippen LogP contribution in [0.2, 0.25) is 0 Å². The van der Waals surface area contributed by atoms with Gasteiger partial charge in [-0.3, -0.25) is 0 Å². The predicted octanol–water partition coefficient (Wildman–Crippen LogP) is 9.42. The van der Waals surface area contributed by atoms with Gasteiger partial charge in [0, 0.05) is 0 Å². The highest BCUT2D eigenvalue weighted by Gasteiger charge is 2.47. The third-order valence-corrected chi connectivity index (χ3v) is 10.3. The number of hydrogen-bond acceptors (Lipinski definition) is 0. The van der Waals surface area contributed by atoms with Crippen LogP contribution in [-0.2, 0) is 0 Å². The van der Waals surface area contributed by atoms with Crippen LogP contribution in [0.15, 0.2) is 0 Å². The first-order valence-electron chi connectivity index (χ1n) is 14.3. The molecule has 0 nitrogen and oxygen atoms in total. The van der Waals surface area contributed by atoms with E-state index in [2.05, 4.69) is 13.8 Å². The standard InChI is InChI=1S/C29H52/c1-3-24-20-22(2)21-28(24)27-19-18-26(29(27)25-15-8-5-9-16-25)17-11-10-14-23-12-6-4-7-13-23/h22-29H,3-21H2,1-2H3. The fraction of sp³-hybridized carbons (Fsp3) is 1.00. The van der Waals surface area contributed by atoms with E-state index >= 15 is 0 Å². The molecule has 168 valence electrons. The van der Waals surface area contributed by atoms with Crippen LogP contribution in [0.4, 0.5) is 0 Å². The summed E-state index contributed by atoms with van der Waals surface area (Å²) in [7, 11) is 0. The van der Waals surface area contributed by atoms with Crippen LogP contribution in [0, 0.1) is 47.3 Å². The quantitative estimate of drug-likeness (QED) is 0.356. The fourth-order valence-electron chi connectivity index (χ4n) is 8.98. The van der Waals surface area contributed by atoms with Crippen LogP contribution in [0.1, 0.15) is 136 Å². The van der Waals surface area contributed by atoms with Gasteiger partial charge in [-0.25, -0.2) is 0 Å². The highest BCUT2D eigenvalue weighted by molar-refractivity contribution is 4.97. The number of hydrogen-bond donors (Lipinski definition) is 0. The molecule has 0 bridgehead atoms. The van der Waals surface area contributed by atoms with Crippen molar-refractivity contribution in [1.82, 2.24) is 0 Å². The average molecular weight is 401 g/mol. The molecule has 0 aromatic heterocycles. The lowest BCUT2D eigenvalue weighted by molar-refractivity contribution is 0.1000. The van der Waals surface area contributed by atoms with E-state index in [9.17, 15) is 0 Å². The second-order valence-corrected chi connectivity index (χ2v) is 12.2. The normalized spacial score (nSPS) is 39.9. The Hall–Kier alpha value is 0. The van der Waals surface area contributed by atoms with Gasteiger partial charge in [-0.2, -0.15) is 0 Å². The molecular formula is C29H52. The summed E-state index contributed by atoms with van der Waals surface area (Å²) in [4.78, 5) is 0. The van der Waals surface area contributed by atoms with Crippen molar-refractivity contribution in [2.45, 2.75) is 136 Å². The summed E-state index contributed by atoms with van der Waals surface area (Å²) in [6.07, 6.45) is 29.4. The molecule has 0 aliphatic heterocycles. The summed E-state index contributed by atoms with van der Waals surface area (Å²) in [5, 5.41) is 0. The van der Waals surface area contributed by atoms with Gasteiger partial charge < -0.3 is 0 Å². The maximum absolute atomic E-state index is 2.55. The van der Waals surface area contributed by atoms with E-state index in [0.29, 0.717) is 0 Å². The van der Waals surface area contributed by atoms with Crippen molar-refractivity contribution in [3.05, 3.63) is 0 Å². The number of unbranched alkanes of at least 4 members (excludes halogenated alkanes) is 1. The van der Waals surface area contributed by atoms with Gasteiger partial charge in [0.1, 0.15) is 0 Å². The molecule has 4 aliphatic carbocycles. The van der Waals surface area contributed by atoms with Gasteiger partial charge in [0.25, 0.3) is 0 Å². The summed E-state index contributed by atoms with van der Waals surface area (Å²) >= 11 is 0. The van der Waals surface area contributed by atoms with Crippen LogP contribution >= 0.6 is 0 Å². The molecule has 0 heteroatoms. The van der Waals surface area contributed by atoms with E-state index in [4.69, 9.17) is 0 Å². The SMILES string of the molecule is CCC1CC(C)CC1C1CCC(CCCCC2CCCCC2)C1C1CCCCC1. The lowest BCUT2D eigenvalue weighted by atomic mass is 9.66. The molecule has 0 radical (unpaired) electrons. The highest BCUT2D eigenvalue weighted by atomic mass is 14.5. The van der Waals surface area contributed by atoms with E-state index < -0.39 is 0 Å². The minimum Gasteiger partial charge on any atom is -0.0651 e. The van der Waals surface area contributed by atoms with Crippen molar-refractivity contribution < 1.29 is 0 Å². The van der Waals surface area contributed by atoms with Crippen molar-refractivity contribution in [2.24, 2.45) is 47.3 Å². The molecule has 0 amide bonds. The van der Waals surface area contributed by atoms with Crippen molar-refractivity contribution in [1.29, 1.82) is 0 Å². The third kappa shape index (κ3) is 5.63. The second kappa shape index (κ2) is 11.0. The van der Waals surface area contributed by atoms with Crippen LogP contribution in [-0.4, -0.2) is 0 Å². The lowest BCUT2D eigenvalue weighted by Gasteiger charge is -2.39. The van der Waals surface area contributed by atoms with Crippen LogP contribution in [0.25, 0.3) is 0 Å². The van der Waals surface area contributed by atoms with Crippen molar-refractivity contribution in [3.8, 4) is 0 Å². The van der Waals surface area contributed by atoms with Gasteiger partial charge >= 0.3 is 0 Å². The summed E-state index contributed by atoms with van der Waals surface area (Å²) in [6, 6.07) is 0. The molecule has 4 saturated carbocycles. The Balaban J connectivity index is 1.34. The third-order valence-electron chi connectivity index (χ3n) is 10.3. The summed E-state index contributed by atoms with van der Waals surface area (Å²) < 4.78 is 0. The van der Waals surface area contributed by atoms with Crippen molar-refractivity contribution in [3.63, 3.8) is 0 Å². The topological polar surface area (TPSA) is 0 Å². The first kappa shape index (κ1) is 22.2. The van der Waals surface area contributed by atoms with E-state index in [1.807, 2.05) is 0 Å². The van der Waals surface area contributed by atoms with Gasteiger partial charge in [-0.15, -0.1) is 0 Å². The molecule has 0 saturated heterocycles. The van der Waals surface area contributed by atoms with Crippen molar-refractivity contribution in [2.75, 3.05) is 0 Å². The van der Waals surface area contributed by atoms with E-state index in [-0.39, 0.29) is 0 Å². The van der Waals surface area contributed by atoms with Gasteiger partial charge in [0.05, 0.1) is 0 Å². The molecule has 6 atom stereocenters. The molecular weight excluding hydrogens is 348 g/mol. The predicted molar refractivity (Wildman–Crippen MR) is 127 cm³/mol. The first-order chi connectivity index (χ1) is 14.3. The van der Waals surface area contributed by atoms with Gasteiger partial charge in [0.2, 0.25) is 0 Å². The molecule has 4 aliphatic rings. The minimum absolute atomic E-state index is 1.01. The van der Waals surface area contributed by atoms with E-state index in [1.54, 1.807) is 89.9 Å². The van der Waals surface area contributed by atoms with Gasteiger partial charge in [0.15, 0.2) is 0 Å². The Bertz CT molecular complexity index is 455. The molecule has 4 rings (SSSR count). The molecule has 0 aromatic carbocycles. The Morgan fingerprint density at radius 1 is 0.621 bits per heavy atom. The average Bonchev–Trinajstić information content (AvgIpc) is 3.35. The zero-order valence-corrected chi connectivity index (χ0v) is 20.1. The zero-order chi connectivity index (χ0) is 20.1. The van der Waals surface area contributed by atoms with E-state index in [1.165, 1.54) is 32.1 Å². The van der Waals surface area contributed by atoms with Gasteiger partial charge in [-0.1, -0.05) is 110 Å². The Kier molecular flexibility index (Phi) is 8.45. The molecule has 29 heavy (non-hydrogen) atoms. The van der Waals surface area contributed by atoms with E-state index in [0.717, 1.165) is 47.3 Å². The Morgan fingerprint density at radius 3 is 2.03 bits per heavy atom. The minimum atomic E-state index is 1.01. The van der Waals surface area contributed by atoms with Crippen LogP contribution < -0.4 is 0 Å². The van der Waals surface area contributed by atoms with Crippen LogP contribution in [0.3, 0.4) is 0 Å². The monoisotopic (exact) mass is 400 g/mol. The smallest absolute Gasteiger partial charge is 0.0326 e. The highest BCUT2D eigenvalue weighted by Crippen LogP contribution is 2.56. The summed E-state index contributed by atoms with van der Waals surface area (Å²) in [6.45, 7) is 5.04. The maximum Gasteiger partial charge on any atom is -0.0326 e.